The Hall–Kier alpha value is -1.06. The zero-order valence-corrected chi connectivity index (χ0v) is 11.7. The second kappa shape index (κ2) is 5.51. The molecule has 0 spiro atoms. The number of hydrogen-bond donors (Lipinski definition) is 2. The molecule has 0 aromatic heterocycles. The highest BCUT2D eigenvalue weighted by Gasteiger charge is 2.38. The summed E-state index contributed by atoms with van der Waals surface area (Å²) in [7, 11) is 0. The molecule has 19 heavy (non-hydrogen) atoms. The topological polar surface area (TPSA) is 35.5 Å². The van der Waals surface area contributed by atoms with Gasteiger partial charge in [-0.05, 0) is 42.9 Å². The van der Waals surface area contributed by atoms with Crippen molar-refractivity contribution in [3.63, 3.8) is 0 Å². The third-order valence-electron chi connectivity index (χ3n) is 4.52. The molecule has 2 unspecified atom stereocenters. The molecule has 1 saturated heterocycles. The Morgan fingerprint density at radius 1 is 1.26 bits per heavy atom. The third kappa shape index (κ3) is 3.10. The van der Waals surface area contributed by atoms with Gasteiger partial charge in [-0.15, -0.1) is 0 Å². The molecule has 1 aliphatic heterocycles. The van der Waals surface area contributed by atoms with Crippen LogP contribution in [-0.4, -0.2) is 35.2 Å². The summed E-state index contributed by atoms with van der Waals surface area (Å²) in [4.78, 5) is 2.65. The highest BCUT2D eigenvalue weighted by molar-refractivity contribution is 5.26. The minimum atomic E-state index is 0.356. The van der Waals surface area contributed by atoms with Gasteiger partial charge in [0.25, 0.3) is 0 Å². The maximum absolute atomic E-state index is 9.37. The van der Waals surface area contributed by atoms with E-state index in [9.17, 15) is 5.11 Å². The summed E-state index contributed by atoms with van der Waals surface area (Å²) in [6.07, 6.45) is 3.99. The van der Waals surface area contributed by atoms with Crippen molar-refractivity contribution >= 4 is 0 Å². The van der Waals surface area contributed by atoms with Crippen LogP contribution in [0.5, 0.6) is 5.75 Å². The van der Waals surface area contributed by atoms with Gasteiger partial charge in [-0.3, -0.25) is 4.90 Å². The van der Waals surface area contributed by atoms with E-state index >= 15 is 0 Å². The molecule has 2 fully saturated rings. The van der Waals surface area contributed by atoms with E-state index in [1.54, 1.807) is 12.1 Å². The lowest BCUT2D eigenvalue weighted by Crippen LogP contribution is -2.56. The molecular weight excluding hydrogens is 236 g/mol. The SMILES string of the molecule is CCC1CN(Cc2ccc(O)cc2)C(C2CC2)CN1. The fourth-order valence-electron chi connectivity index (χ4n) is 3.14. The number of piperazine rings is 1. The number of aromatic hydroxyl groups is 1. The molecule has 0 bridgehead atoms. The van der Waals surface area contributed by atoms with Crippen LogP contribution in [0.4, 0.5) is 0 Å². The molecule has 104 valence electrons. The number of nitrogens with zero attached hydrogens (tertiary/aromatic N) is 1. The average molecular weight is 260 g/mol. The number of phenolic OH excluding ortho intramolecular Hbond substituents is 1. The second-order valence-electron chi connectivity index (χ2n) is 6.01. The van der Waals surface area contributed by atoms with Crippen LogP contribution in [0.2, 0.25) is 0 Å². The van der Waals surface area contributed by atoms with Gasteiger partial charge in [0.2, 0.25) is 0 Å². The Balaban J connectivity index is 1.69. The quantitative estimate of drug-likeness (QED) is 0.872. The van der Waals surface area contributed by atoms with E-state index in [4.69, 9.17) is 0 Å². The lowest BCUT2D eigenvalue weighted by atomic mass is 10.0. The molecule has 1 aliphatic carbocycles. The van der Waals surface area contributed by atoms with E-state index in [0.29, 0.717) is 17.8 Å². The Kier molecular flexibility index (Phi) is 3.76. The van der Waals surface area contributed by atoms with Crippen LogP contribution in [0, 0.1) is 5.92 Å². The molecule has 0 radical (unpaired) electrons. The maximum Gasteiger partial charge on any atom is 0.115 e. The van der Waals surface area contributed by atoms with E-state index in [2.05, 4.69) is 17.1 Å². The van der Waals surface area contributed by atoms with Crippen molar-refractivity contribution in [2.75, 3.05) is 13.1 Å². The van der Waals surface area contributed by atoms with Crippen molar-refractivity contribution in [3.05, 3.63) is 29.8 Å². The first kappa shape index (κ1) is 12.9. The molecule has 3 nitrogen and oxygen atoms in total. The molecule has 0 amide bonds. The molecule has 1 aromatic rings. The van der Waals surface area contributed by atoms with Crippen LogP contribution >= 0.6 is 0 Å². The van der Waals surface area contributed by atoms with Crippen molar-refractivity contribution < 1.29 is 5.11 Å². The van der Waals surface area contributed by atoms with Crippen molar-refractivity contribution in [3.8, 4) is 5.75 Å². The fourth-order valence-corrected chi connectivity index (χ4v) is 3.14. The van der Waals surface area contributed by atoms with Crippen LogP contribution in [-0.2, 0) is 6.54 Å². The number of nitrogens with one attached hydrogen (secondary N) is 1. The molecule has 3 rings (SSSR count). The molecule has 1 heterocycles. The van der Waals surface area contributed by atoms with Crippen LogP contribution < -0.4 is 5.32 Å². The minimum Gasteiger partial charge on any atom is -0.508 e. The highest BCUT2D eigenvalue weighted by atomic mass is 16.3. The lowest BCUT2D eigenvalue weighted by Gasteiger charge is -2.40. The largest absolute Gasteiger partial charge is 0.508 e. The summed E-state index contributed by atoms with van der Waals surface area (Å²) in [5.41, 5.74) is 1.31. The van der Waals surface area contributed by atoms with Crippen LogP contribution in [0.25, 0.3) is 0 Å². The van der Waals surface area contributed by atoms with E-state index in [1.807, 2.05) is 12.1 Å². The van der Waals surface area contributed by atoms with Gasteiger partial charge in [0.05, 0.1) is 0 Å². The maximum atomic E-state index is 9.37. The van der Waals surface area contributed by atoms with Gasteiger partial charge >= 0.3 is 0 Å². The Morgan fingerprint density at radius 2 is 2.00 bits per heavy atom. The summed E-state index contributed by atoms with van der Waals surface area (Å²) in [5.74, 6) is 1.26. The molecule has 3 heteroatoms. The molecule has 1 saturated carbocycles. The summed E-state index contributed by atoms with van der Waals surface area (Å²) >= 11 is 0. The van der Waals surface area contributed by atoms with Gasteiger partial charge in [0.1, 0.15) is 5.75 Å². The molecule has 2 atom stereocenters. The van der Waals surface area contributed by atoms with Crippen LogP contribution in [0.3, 0.4) is 0 Å². The zero-order valence-electron chi connectivity index (χ0n) is 11.7. The molecule has 2 N–H and O–H groups in total. The predicted octanol–water partition coefficient (Wildman–Crippen LogP) is 2.35. The summed E-state index contributed by atoms with van der Waals surface area (Å²) in [6.45, 7) is 5.56. The van der Waals surface area contributed by atoms with Crippen LogP contribution in [0.15, 0.2) is 24.3 Å². The number of rotatable bonds is 4. The second-order valence-corrected chi connectivity index (χ2v) is 6.01. The van der Waals surface area contributed by atoms with Gasteiger partial charge in [-0.25, -0.2) is 0 Å². The molecule has 1 aromatic carbocycles. The van der Waals surface area contributed by atoms with Gasteiger partial charge in [0.15, 0.2) is 0 Å². The number of phenols is 1. The summed E-state index contributed by atoms with van der Waals surface area (Å²) in [6, 6.07) is 9.01. The minimum absolute atomic E-state index is 0.356. The van der Waals surface area contributed by atoms with Crippen molar-refractivity contribution in [1.29, 1.82) is 0 Å². The Labute approximate surface area is 115 Å². The zero-order chi connectivity index (χ0) is 13.2. The van der Waals surface area contributed by atoms with E-state index in [0.717, 1.165) is 25.6 Å². The smallest absolute Gasteiger partial charge is 0.115 e. The standard InChI is InChI=1S/C16H24N2O/c1-2-14-11-18(16(9-17-14)13-5-6-13)10-12-3-7-15(19)8-4-12/h3-4,7-8,13-14,16-17,19H,2,5-6,9-11H2,1H3. The van der Waals surface area contributed by atoms with E-state index in [-0.39, 0.29) is 0 Å². The van der Waals surface area contributed by atoms with Gasteiger partial charge in [-0.2, -0.15) is 0 Å². The molecular formula is C16H24N2O. The van der Waals surface area contributed by atoms with Crippen molar-refractivity contribution in [1.82, 2.24) is 10.2 Å². The Morgan fingerprint density at radius 3 is 2.63 bits per heavy atom. The average Bonchev–Trinajstić information content (AvgIpc) is 3.26. The molecule has 2 aliphatic rings. The monoisotopic (exact) mass is 260 g/mol. The summed E-state index contributed by atoms with van der Waals surface area (Å²) in [5, 5.41) is 13.1. The van der Waals surface area contributed by atoms with Crippen molar-refractivity contribution in [2.24, 2.45) is 5.92 Å². The third-order valence-corrected chi connectivity index (χ3v) is 4.52. The van der Waals surface area contributed by atoms with Gasteiger partial charge < -0.3 is 10.4 Å². The van der Waals surface area contributed by atoms with Crippen LogP contribution in [0.1, 0.15) is 31.7 Å². The predicted molar refractivity (Wildman–Crippen MR) is 77.1 cm³/mol. The highest BCUT2D eigenvalue weighted by Crippen LogP contribution is 2.37. The van der Waals surface area contributed by atoms with Gasteiger partial charge in [-0.1, -0.05) is 19.1 Å². The lowest BCUT2D eigenvalue weighted by molar-refractivity contribution is 0.106. The fraction of sp³-hybridized carbons (Fsp3) is 0.625. The first-order valence-corrected chi connectivity index (χ1v) is 7.51. The normalized spacial score (nSPS) is 28.5. The Bertz CT molecular complexity index is 413. The van der Waals surface area contributed by atoms with Crippen molar-refractivity contribution in [2.45, 2.75) is 44.8 Å². The van der Waals surface area contributed by atoms with E-state index in [1.165, 1.54) is 24.8 Å². The van der Waals surface area contributed by atoms with E-state index < -0.39 is 0 Å². The summed E-state index contributed by atoms with van der Waals surface area (Å²) < 4.78 is 0. The number of hydrogen-bond acceptors (Lipinski definition) is 3. The van der Waals surface area contributed by atoms with Gasteiger partial charge in [0, 0.05) is 31.7 Å². The first-order valence-electron chi connectivity index (χ1n) is 7.51. The first-order chi connectivity index (χ1) is 9.26. The number of benzene rings is 1.